The molecule has 0 bridgehead atoms. The molecule has 0 saturated carbocycles. The van der Waals surface area contributed by atoms with Crippen LogP contribution in [-0.2, 0) is 0 Å². The molecule has 0 aliphatic rings. The summed E-state index contributed by atoms with van der Waals surface area (Å²) in [6, 6.07) is 16.5. The molecule has 2 aromatic carbocycles. The molecule has 0 spiro atoms. The van der Waals surface area contributed by atoms with Gasteiger partial charge in [-0.05, 0) is 68.6 Å². The van der Waals surface area contributed by atoms with Crippen LogP contribution in [0.4, 0.5) is 5.69 Å². The Kier molecular flexibility index (Phi) is 6.58. The first-order valence-corrected chi connectivity index (χ1v) is 8.32. The Balaban J connectivity index is 1.96. The second-order valence-electron chi connectivity index (χ2n) is 5.96. The van der Waals surface area contributed by atoms with Gasteiger partial charge in [-0.3, -0.25) is 0 Å². The lowest BCUT2D eigenvalue weighted by Gasteiger charge is -2.26. The van der Waals surface area contributed by atoms with E-state index >= 15 is 0 Å². The van der Waals surface area contributed by atoms with Crippen LogP contribution >= 0.6 is 12.2 Å². The van der Waals surface area contributed by atoms with Crippen molar-refractivity contribution in [2.75, 3.05) is 33.1 Å². The number of ether oxygens (including phenoxy) is 1. The number of hydrogen-bond donors (Lipinski definition) is 2. The van der Waals surface area contributed by atoms with E-state index in [2.05, 4.69) is 60.8 Å². The number of methoxy groups -OCH3 is 1. The molecule has 2 rings (SSSR count). The van der Waals surface area contributed by atoms with Gasteiger partial charge in [-0.1, -0.05) is 24.3 Å². The van der Waals surface area contributed by atoms with Crippen molar-refractivity contribution in [2.24, 2.45) is 0 Å². The Hall–Kier alpha value is -2.11. The SMILES string of the molecule is COc1ccc([C@H](CNC(=S)Nc2cccc(C)c2)N(C)C)cc1. The van der Waals surface area contributed by atoms with Crippen molar-refractivity contribution < 1.29 is 4.74 Å². The summed E-state index contributed by atoms with van der Waals surface area (Å²) in [6.45, 7) is 2.78. The number of hydrogen-bond acceptors (Lipinski definition) is 3. The van der Waals surface area contributed by atoms with Gasteiger partial charge in [0.1, 0.15) is 5.75 Å². The van der Waals surface area contributed by atoms with Crippen LogP contribution in [0.25, 0.3) is 0 Å². The molecule has 0 amide bonds. The molecule has 24 heavy (non-hydrogen) atoms. The number of rotatable bonds is 6. The molecule has 0 aliphatic heterocycles. The summed E-state index contributed by atoms with van der Waals surface area (Å²) in [6.07, 6.45) is 0. The number of nitrogens with zero attached hydrogens (tertiary/aromatic N) is 1. The second-order valence-corrected chi connectivity index (χ2v) is 6.37. The summed E-state index contributed by atoms with van der Waals surface area (Å²) in [4.78, 5) is 2.17. The molecule has 1 atom stereocenters. The van der Waals surface area contributed by atoms with Crippen molar-refractivity contribution in [2.45, 2.75) is 13.0 Å². The van der Waals surface area contributed by atoms with Gasteiger partial charge in [0.15, 0.2) is 5.11 Å². The zero-order valence-electron chi connectivity index (χ0n) is 14.7. The Morgan fingerprint density at radius 1 is 1.17 bits per heavy atom. The lowest BCUT2D eigenvalue weighted by Crippen LogP contribution is -2.36. The molecule has 0 aromatic heterocycles. The fourth-order valence-electron chi connectivity index (χ4n) is 2.51. The highest BCUT2D eigenvalue weighted by atomic mass is 32.1. The molecule has 0 saturated heterocycles. The van der Waals surface area contributed by atoms with Gasteiger partial charge in [0, 0.05) is 12.2 Å². The third kappa shape index (κ3) is 5.22. The summed E-state index contributed by atoms with van der Waals surface area (Å²) in [5, 5.41) is 7.16. The predicted molar refractivity (Wildman–Crippen MR) is 105 cm³/mol. The maximum atomic E-state index is 5.41. The van der Waals surface area contributed by atoms with Crippen LogP contribution in [0.2, 0.25) is 0 Å². The molecule has 0 radical (unpaired) electrons. The third-order valence-electron chi connectivity index (χ3n) is 3.86. The minimum Gasteiger partial charge on any atom is -0.497 e. The van der Waals surface area contributed by atoms with Crippen LogP contribution < -0.4 is 15.4 Å². The molecule has 0 heterocycles. The van der Waals surface area contributed by atoms with Crippen molar-refractivity contribution in [1.29, 1.82) is 0 Å². The molecule has 128 valence electrons. The fraction of sp³-hybridized carbons (Fsp3) is 0.316. The molecule has 4 nitrogen and oxygen atoms in total. The van der Waals surface area contributed by atoms with Crippen LogP contribution in [0.5, 0.6) is 5.75 Å². The van der Waals surface area contributed by atoms with E-state index in [1.165, 1.54) is 11.1 Å². The Morgan fingerprint density at radius 2 is 1.88 bits per heavy atom. The fourth-order valence-corrected chi connectivity index (χ4v) is 2.71. The van der Waals surface area contributed by atoms with E-state index in [1.54, 1.807) is 7.11 Å². The van der Waals surface area contributed by atoms with Crippen LogP contribution in [0.1, 0.15) is 17.2 Å². The van der Waals surface area contributed by atoms with Gasteiger partial charge in [-0.15, -0.1) is 0 Å². The summed E-state index contributed by atoms with van der Waals surface area (Å²) in [7, 11) is 5.80. The number of aryl methyl sites for hydroxylation is 1. The van der Waals surface area contributed by atoms with Gasteiger partial charge in [-0.2, -0.15) is 0 Å². The first kappa shape index (κ1) is 18.2. The van der Waals surface area contributed by atoms with E-state index in [4.69, 9.17) is 17.0 Å². The van der Waals surface area contributed by atoms with E-state index in [9.17, 15) is 0 Å². The molecular weight excluding hydrogens is 318 g/mol. The van der Waals surface area contributed by atoms with E-state index in [1.807, 2.05) is 24.3 Å². The first-order valence-electron chi connectivity index (χ1n) is 7.91. The third-order valence-corrected chi connectivity index (χ3v) is 4.10. The normalized spacial score (nSPS) is 11.9. The Morgan fingerprint density at radius 3 is 2.46 bits per heavy atom. The minimum atomic E-state index is 0.216. The van der Waals surface area contributed by atoms with Crippen molar-refractivity contribution in [3.05, 3.63) is 59.7 Å². The van der Waals surface area contributed by atoms with Crippen molar-refractivity contribution in [3.8, 4) is 5.75 Å². The van der Waals surface area contributed by atoms with Crippen LogP contribution in [0, 0.1) is 6.92 Å². The maximum Gasteiger partial charge on any atom is 0.170 e. The molecule has 0 aliphatic carbocycles. The molecule has 2 aromatic rings. The molecule has 5 heteroatoms. The maximum absolute atomic E-state index is 5.41. The topological polar surface area (TPSA) is 36.5 Å². The second kappa shape index (κ2) is 8.66. The van der Waals surface area contributed by atoms with Gasteiger partial charge in [0.25, 0.3) is 0 Å². The van der Waals surface area contributed by atoms with Crippen LogP contribution in [0.3, 0.4) is 0 Å². The lowest BCUT2D eigenvalue weighted by atomic mass is 10.1. The first-order chi connectivity index (χ1) is 11.5. The minimum absolute atomic E-state index is 0.216. The Bertz CT molecular complexity index is 671. The predicted octanol–water partition coefficient (Wildman–Crippen LogP) is 3.59. The Labute approximate surface area is 149 Å². The lowest BCUT2D eigenvalue weighted by molar-refractivity contribution is 0.299. The zero-order chi connectivity index (χ0) is 17.5. The van der Waals surface area contributed by atoms with Crippen LogP contribution in [-0.4, -0.2) is 37.8 Å². The van der Waals surface area contributed by atoms with Crippen molar-refractivity contribution >= 4 is 23.0 Å². The van der Waals surface area contributed by atoms with Gasteiger partial charge >= 0.3 is 0 Å². The average Bonchev–Trinajstić information content (AvgIpc) is 2.55. The van der Waals surface area contributed by atoms with E-state index in [0.717, 1.165) is 18.0 Å². The highest BCUT2D eigenvalue weighted by Gasteiger charge is 2.14. The molecule has 0 fully saturated rings. The van der Waals surface area contributed by atoms with Crippen molar-refractivity contribution in [3.63, 3.8) is 0 Å². The summed E-state index contributed by atoms with van der Waals surface area (Å²) in [5.41, 5.74) is 3.41. The smallest absolute Gasteiger partial charge is 0.170 e. The summed E-state index contributed by atoms with van der Waals surface area (Å²) >= 11 is 5.41. The molecular formula is C19H25N3OS. The number of nitrogens with one attached hydrogen (secondary N) is 2. The van der Waals surface area contributed by atoms with E-state index in [0.29, 0.717) is 5.11 Å². The number of benzene rings is 2. The highest BCUT2D eigenvalue weighted by molar-refractivity contribution is 7.80. The van der Waals surface area contributed by atoms with Crippen LogP contribution in [0.15, 0.2) is 48.5 Å². The van der Waals surface area contributed by atoms with Gasteiger partial charge in [0.05, 0.1) is 13.2 Å². The molecule has 0 unspecified atom stereocenters. The molecule has 2 N–H and O–H groups in total. The monoisotopic (exact) mass is 343 g/mol. The van der Waals surface area contributed by atoms with Crippen molar-refractivity contribution in [1.82, 2.24) is 10.2 Å². The largest absolute Gasteiger partial charge is 0.497 e. The quantitative estimate of drug-likeness (QED) is 0.784. The zero-order valence-corrected chi connectivity index (χ0v) is 15.5. The standard InChI is InChI=1S/C19H25N3OS/c1-14-6-5-7-16(12-14)21-19(24)20-13-18(22(2)3)15-8-10-17(23-4)11-9-15/h5-12,18H,13H2,1-4H3,(H2,20,21,24)/t18-/m0/s1. The van der Waals surface area contributed by atoms with E-state index in [-0.39, 0.29) is 6.04 Å². The average molecular weight is 343 g/mol. The van der Waals surface area contributed by atoms with Gasteiger partial charge < -0.3 is 20.3 Å². The van der Waals surface area contributed by atoms with Gasteiger partial charge in [0.2, 0.25) is 0 Å². The summed E-state index contributed by atoms with van der Waals surface area (Å²) in [5.74, 6) is 0.862. The number of likely N-dealkylation sites (N-methyl/N-ethyl adjacent to an activating group) is 1. The van der Waals surface area contributed by atoms with Gasteiger partial charge in [-0.25, -0.2) is 0 Å². The summed E-state index contributed by atoms with van der Waals surface area (Å²) < 4.78 is 5.22. The highest BCUT2D eigenvalue weighted by Crippen LogP contribution is 2.20. The van der Waals surface area contributed by atoms with E-state index < -0.39 is 0 Å². The number of anilines is 1. The number of thiocarbonyl (C=S) groups is 1.